The number of aliphatic hydroxyl groups is 1. The first-order chi connectivity index (χ1) is 7.16. The maximum absolute atomic E-state index is 10.4. The Morgan fingerprint density at radius 2 is 1.87 bits per heavy atom. The second kappa shape index (κ2) is 6.77. The maximum atomic E-state index is 10.4. The van der Waals surface area contributed by atoms with Gasteiger partial charge < -0.3 is 10.4 Å². The first-order valence-electron chi connectivity index (χ1n) is 6.11. The van der Waals surface area contributed by atoms with Gasteiger partial charge in [-0.1, -0.05) is 25.7 Å². The van der Waals surface area contributed by atoms with Crippen molar-refractivity contribution >= 4 is 11.8 Å². The molecule has 1 rings (SSSR count). The number of hydrogen-bond acceptors (Lipinski definition) is 3. The zero-order chi connectivity index (χ0) is 11.1. The van der Waals surface area contributed by atoms with Crippen LogP contribution in [0.25, 0.3) is 0 Å². The highest BCUT2D eigenvalue weighted by Gasteiger charge is 2.27. The average molecular weight is 231 g/mol. The monoisotopic (exact) mass is 231 g/mol. The van der Waals surface area contributed by atoms with E-state index in [-0.39, 0.29) is 0 Å². The highest BCUT2D eigenvalue weighted by atomic mass is 32.2. The summed E-state index contributed by atoms with van der Waals surface area (Å²) in [7, 11) is 0. The van der Waals surface area contributed by atoms with Crippen LogP contribution in [0.3, 0.4) is 0 Å². The Labute approximate surface area is 98.2 Å². The molecule has 1 aliphatic rings. The Hall–Kier alpha value is 0.270. The lowest BCUT2D eigenvalue weighted by Gasteiger charge is -2.28. The van der Waals surface area contributed by atoms with E-state index in [1.165, 1.54) is 25.7 Å². The lowest BCUT2D eigenvalue weighted by molar-refractivity contribution is 0.0237. The van der Waals surface area contributed by atoms with Gasteiger partial charge in [0.25, 0.3) is 0 Å². The molecule has 1 atom stereocenters. The summed E-state index contributed by atoms with van der Waals surface area (Å²) in [5.41, 5.74) is -0.427. The third kappa shape index (κ3) is 5.23. The molecule has 1 saturated carbocycles. The van der Waals surface area contributed by atoms with E-state index in [4.69, 9.17) is 0 Å². The van der Waals surface area contributed by atoms with E-state index in [0.29, 0.717) is 6.04 Å². The van der Waals surface area contributed by atoms with Gasteiger partial charge in [0.05, 0.1) is 5.60 Å². The van der Waals surface area contributed by atoms with Crippen molar-refractivity contribution in [3.63, 3.8) is 0 Å². The Balaban J connectivity index is 2.27. The molecule has 2 N–H and O–H groups in total. The summed E-state index contributed by atoms with van der Waals surface area (Å²) in [6, 6.07) is 0.507. The van der Waals surface area contributed by atoms with E-state index in [1.807, 2.05) is 11.8 Å². The molecular formula is C12H25NOS. The molecular weight excluding hydrogens is 206 g/mol. The fourth-order valence-electron chi connectivity index (χ4n) is 2.24. The quantitative estimate of drug-likeness (QED) is 0.713. The van der Waals surface area contributed by atoms with Crippen LogP contribution in [0.4, 0.5) is 0 Å². The minimum absolute atomic E-state index is 0.427. The predicted molar refractivity (Wildman–Crippen MR) is 68.5 cm³/mol. The fraction of sp³-hybridized carbons (Fsp3) is 1.00. The third-order valence-electron chi connectivity index (χ3n) is 3.23. The van der Waals surface area contributed by atoms with Crippen molar-refractivity contribution in [2.24, 2.45) is 0 Å². The first kappa shape index (κ1) is 13.3. The van der Waals surface area contributed by atoms with Crippen molar-refractivity contribution in [3.05, 3.63) is 0 Å². The van der Waals surface area contributed by atoms with Crippen molar-refractivity contribution in [3.8, 4) is 0 Å². The lowest BCUT2D eigenvalue weighted by Crippen LogP contribution is -2.44. The number of rotatable bonds is 5. The fourth-order valence-corrected chi connectivity index (χ4v) is 2.85. The van der Waals surface area contributed by atoms with Crippen LogP contribution in [0.1, 0.15) is 45.4 Å². The molecule has 3 heteroatoms. The van der Waals surface area contributed by atoms with Crippen LogP contribution in [0.15, 0.2) is 0 Å². The molecule has 90 valence electrons. The molecule has 1 unspecified atom stereocenters. The normalized spacial score (nSPS) is 23.4. The highest BCUT2D eigenvalue weighted by Crippen LogP contribution is 2.26. The highest BCUT2D eigenvalue weighted by molar-refractivity contribution is 7.98. The molecule has 0 bridgehead atoms. The smallest absolute Gasteiger partial charge is 0.0771 e. The molecule has 15 heavy (non-hydrogen) atoms. The Bertz CT molecular complexity index is 167. The molecule has 1 fully saturated rings. The van der Waals surface area contributed by atoms with Gasteiger partial charge in [-0.3, -0.25) is 0 Å². The number of hydrogen-bond donors (Lipinski definition) is 2. The zero-order valence-electron chi connectivity index (χ0n) is 10.1. The van der Waals surface area contributed by atoms with E-state index in [0.717, 1.165) is 25.1 Å². The van der Waals surface area contributed by atoms with Crippen LogP contribution >= 0.6 is 11.8 Å². The summed E-state index contributed by atoms with van der Waals surface area (Å²) in [6.07, 6.45) is 9.05. The van der Waals surface area contributed by atoms with Gasteiger partial charge in [-0.05, 0) is 26.0 Å². The Morgan fingerprint density at radius 1 is 1.27 bits per heavy atom. The minimum atomic E-state index is -0.427. The summed E-state index contributed by atoms with van der Waals surface area (Å²) in [6.45, 7) is 2.96. The third-order valence-corrected chi connectivity index (χ3v) is 4.06. The van der Waals surface area contributed by atoms with Gasteiger partial charge >= 0.3 is 0 Å². The van der Waals surface area contributed by atoms with Gasteiger partial charge in [0.2, 0.25) is 0 Å². The van der Waals surface area contributed by atoms with E-state index < -0.39 is 5.60 Å². The van der Waals surface area contributed by atoms with E-state index in [2.05, 4.69) is 18.5 Å². The van der Waals surface area contributed by atoms with Crippen LogP contribution in [0.2, 0.25) is 0 Å². The van der Waals surface area contributed by atoms with E-state index in [9.17, 15) is 5.11 Å². The zero-order valence-corrected chi connectivity index (χ0v) is 10.9. The largest absolute Gasteiger partial charge is 0.389 e. The first-order valence-corrected chi connectivity index (χ1v) is 7.50. The topological polar surface area (TPSA) is 32.3 Å². The Kier molecular flexibility index (Phi) is 6.02. The van der Waals surface area contributed by atoms with Crippen LogP contribution in [-0.4, -0.2) is 35.3 Å². The summed E-state index contributed by atoms with van der Waals surface area (Å²) in [5.74, 6) is 1.12. The van der Waals surface area contributed by atoms with E-state index in [1.54, 1.807) is 0 Å². The van der Waals surface area contributed by atoms with Gasteiger partial charge in [0, 0.05) is 18.3 Å². The maximum Gasteiger partial charge on any atom is 0.0771 e. The summed E-state index contributed by atoms with van der Waals surface area (Å²) < 4.78 is 0. The molecule has 0 aromatic heterocycles. The van der Waals surface area contributed by atoms with Gasteiger partial charge in [-0.25, -0.2) is 0 Å². The molecule has 0 aromatic carbocycles. The average Bonchev–Trinajstić information content (AvgIpc) is 2.42. The van der Waals surface area contributed by atoms with Gasteiger partial charge in [-0.2, -0.15) is 11.8 Å². The molecule has 0 aliphatic heterocycles. The van der Waals surface area contributed by atoms with Crippen molar-refractivity contribution in [2.45, 2.75) is 57.1 Å². The molecule has 0 spiro atoms. The molecule has 2 nitrogen and oxygen atoms in total. The molecule has 0 aromatic rings. The predicted octanol–water partition coefficient (Wildman–Crippen LogP) is 2.41. The molecule has 0 heterocycles. The van der Waals surface area contributed by atoms with Crippen molar-refractivity contribution in [1.29, 1.82) is 0 Å². The van der Waals surface area contributed by atoms with Gasteiger partial charge in [0.1, 0.15) is 0 Å². The van der Waals surface area contributed by atoms with Crippen molar-refractivity contribution < 1.29 is 5.11 Å². The van der Waals surface area contributed by atoms with Crippen LogP contribution in [-0.2, 0) is 0 Å². The molecule has 1 aliphatic carbocycles. The number of thioether (sulfide) groups is 1. The molecule has 0 radical (unpaired) electrons. The summed E-state index contributed by atoms with van der Waals surface area (Å²) >= 11 is 1.86. The lowest BCUT2D eigenvalue weighted by atomic mass is 9.94. The number of nitrogens with one attached hydrogen (secondary N) is 1. The Morgan fingerprint density at radius 3 is 2.40 bits per heavy atom. The standard InChI is InChI=1S/C12H25NOS/c1-11(9-15-2)13-10-12(14)7-5-3-4-6-8-12/h11,13-14H,3-10H2,1-2H3. The van der Waals surface area contributed by atoms with Crippen molar-refractivity contribution in [1.82, 2.24) is 5.32 Å². The van der Waals surface area contributed by atoms with Crippen LogP contribution in [0.5, 0.6) is 0 Å². The van der Waals surface area contributed by atoms with E-state index >= 15 is 0 Å². The molecule has 0 saturated heterocycles. The summed E-state index contributed by atoms with van der Waals surface area (Å²) in [5, 5.41) is 13.8. The summed E-state index contributed by atoms with van der Waals surface area (Å²) in [4.78, 5) is 0. The SMILES string of the molecule is CSCC(C)NCC1(O)CCCCCC1. The second-order valence-electron chi connectivity index (χ2n) is 4.88. The van der Waals surface area contributed by atoms with Crippen LogP contribution < -0.4 is 5.32 Å². The van der Waals surface area contributed by atoms with Gasteiger partial charge in [0.15, 0.2) is 0 Å². The molecule has 0 amide bonds. The van der Waals surface area contributed by atoms with Gasteiger partial charge in [-0.15, -0.1) is 0 Å². The van der Waals surface area contributed by atoms with Crippen molar-refractivity contribution in [2.75, 3.05) is 18.6 Å². The van der Waals surface area contributed by atoms with Crippen LogP contribution in [0, 0.1) is 0 Å². The minimum Gasteiger partial charge on any atom is -0.389 e. The second-order valence-corrected chi connectivity index (χ2v) is 5.79.